The first-order valence-electron chi connectivity index (χ1n) is 25.3. The Morgan fingerprint density at radius 1 is 0.460 bits per heavy atom. The van der Waals surface area contributed by atoms with E-state index in [-0.39, 0.29) is 5.16 Å². The number of benzene rings is 4. The molecule has 3 nitrogen and oxygen atoms in total. The number of para-hydroxylation sites is 2. The summed E-state index contributed by atoms with van der Waals surface area (Å²) in [6, 6.07) is 46.9. The van der Waals surface area contributed by atoms with E-state index in [1.807, 2.05) is 12.5 Å². The summed E-state index contributed by atoms with van der Waals surface area (Å²) in [7, 11) is -3.81. The van der Waals surface area contributed by atoms with Crippen molar-refractivity contribution < 1.29 is 8.83 Å². The van der Waals surface area contributed by atoms with Crippen LogP contribution < -0.4 is 25.8 Å². The molecular weight excluding hydrogens is 837 g/mol. The number of hydrogen-bond donors (Lipinski definition) is 1. The molecule has 2 heterocycles. The van der Waals surface area contributed by atoms with Crippen molar-refractivity contribution in [2.24, 2.45) is 0 Å². The molecule has 0 aliphatic carbocycles. The van der Waals surface area contributed by atoms with Crippen molar-refractivity contribution in [1.29, 1.82) is 0 Å². The lowest BCUT2D eigenvalue weighted by Crippen LogP contribution is -2.48. The molecule has 0 saturated heterocycles. The number of fused-ring (bicyclic) bond motifs is 2. The van der Waals surface area contributed by atoms with Gasteiger partial charge in [-0.25, -0.2) is 0 Å². The van der Waals surface area contributed by atoms with Crippen LogP contribution in [0.4, 0.5) is 0 Å². The fraction of sp³-hybridized carbons (Fsp3) is 0.500. The lowest BCUT2D eigenvalue weighted by molar-refractivity contribution is 0.572. The van der Waals surface area contributed by atoms with Crippen LogP contribution in [0.1, 0.15) is 149 Å². The van der Waals surface area contributed by atoms with Crippen LogP contribution in [0.15, 0.2) is 118 Å². The van der Waals surface area contributed by atoms with Crippen molar-refractivity contribution in [2.75, 3.05) is 0 Å². The zero-order chi connectivity index (χ0) is 44.5. The van der Waals surface area contributed by atoms with Gasteiger partial charge in [0.2, 0.25) is 0 Å². The minimum absolute atomic E-state index is 0.366. The molecule has 1 atom stereocenters. The average Bonchev–Trinajstić information content (AvgIpc) is 4.02. The van der Waals surface area contributed by atoms with E-state index in [1.54, 1.807) is 10.4 Å². The van der Waals surface area contributed by atoms with Crippen LogP contribution in [0.25, 0.3) is 21.9 Å². The summed E-state index contributed by atoms with van der Waals surface area (Å²) in [6.45, 7) is 16.6. The minimum Gasteiger partial charge on any atom is -0.464 e. The molecule has 2 aromatic heterocycles. The number of unbranched alkanes of at least 4 members (excludes halogenated alkanes) is 6. The number of hydrogen-bond acceptors (Lipinski definition) is 3. The van der Waals surface area contributed by atoms with Gasteiger partial charge in [0.1, 0.15) is 11.2 Å². The van der Waals surface area contributed by atoms with Crippen molar-refractivity contribution >= 4 is 75.9 Å². The van der Waals surface area contributed by atoms with Crippen LogP contribution in [-0.4, -0.2) is 16.1 Å². The zero-order valence-corrected chi connectivity index (χ0v) is 44.2. The summed E-state index contributed by atoms with van der Waals surface area (Å²) in [5, 5.41) is 8.20. The van der Waals surface area contributed by atoms with Crippen molar-refractivity contribution in [3.8, 4) is 0 Å². The van der Waals surface area contributed by atoms with Gasteiger partial charge in [-0.1, -0.05) is 264 Å². The first-order valence-corrected chi connectivity index (χ1v) is 32.9. The van der Waals surface area contributed by atoms with Gasteiger partial charge in [0.25, 0.3) is 0 Å². The summed E-state index contributed by atoms with van der Waals surface area (Å²) < 4.78 is 12.8. The Balaban J connectivity index is 1.50. The van der Waals surface area contributed by atoms with E-state index < -0.39 is 24.2 Å². The van der Waals surface area contributed by atoms with Crippen LogP contribution in [0.5, 0.6) is 0 Å². The fourth-order valence-electron chi connectivity index (χ4n) is 10.7. The van der Waals surface area contributed by atoms with Gasteiger partial charge in [0.05, 0.1) is 33.8 Å². The second kappa shape index (κ2) is 24.7. The molecule has 0 spiro atoms. The predicted molar refractivity (Wildman–Crippen MR) is 288 cm³/mol. The van der Waals surface area contributed by atoms with Gasteiger partial charge in [0, 0.05) is 30.0 Å². The van der Waals surface area contributed by atoms with Gasteiger partial charge in [0.15, 0.2) is 0 Å². The summed E-state index contributed by atoms with van der Waals surface area (Å²) in [4.78, 5) is 4.44. The quantitative estimate of drug-likeness (QED) is 0.0376. The fourth-order valence-corrected chi connectivity index (χ4v) is 26.3. The normalized spacial score (nSPS) is 12.8. The molecule has 0 radical (unpaired) electrons. The highest BCUT2D eigenvalue weighted by Gasteiger charge is 2.40. The molecule has 340 valence electrons. The van der Waals surface area contributed by atoms with E-state index in [2.05, 4.69) is 150 Å². The maximum Gasteiger partial charge on any atom is 0.138 e. The van der Waals surface area contributed by atoms with Gasteiger partial charge in [-0.2, -0.15) is 0 Å². The second-order valence-corrected chi connectivity index (χ2v) is 31.8. The molecule has 0 aliphatic rings. The minimum atomic E-state index is -1.65. The monoisotopic (exact) mass is 918 g/mol. The van der Waals surface area contributed by atoms with Crippen molar-refractivity contribution in [2.45, 2.75) is 180 Å². The van der Waals surface area contributed by atoms with Gasteiger partial charge in [-0.3, -0.25) is 4.86 Å². The Labute approximate surface area is 388 Å². The summed E-state index contributed by atoms with van der Waals surface area (Å²) in [6.07, 6.45) is 21.6. The van der Waals surface area contributed by atoms with E-state index in [9.17, 15) is 0 Å². The second-order valence-electron chi connectivity index (χ2n) is 18.8. The van der Waals surface area contributed by atoms with E-state index in [0.29, 0.717) is 8.73 Å². The van der Waals surface area contributed by atoms with E-state index in [0.717, 1.165) is 34.8 Å². The van der Waals surface area contributed by atoms with Gasteiger partial charge in [-0.05, 0) is 37.9 Å². The number of rotatable bonds is 29. The van der Waals surface area contributed by atoms with Crippen molar-refractivity contribution in [3.05, 3.63) is 121 Å². The largest absolute Gasteiger partial charge is 0.464 e. The molecule has 6 aromatic rings. The Bertz CT molecular complexity index is 2030. The van der Waals surface area contributed by atoms with E-state index >= 15 is 0 Å². The lowest BCUT2D eigenvalue weighted by atomic mass is 9.85. The van der Waals surface area contributed by atoms with Gasteiger partial charge < -0.3 is 8.83 Å². The van der Waals surface area contributed by atoms with Crippen LogP contribution in [0.2, 0.25) is 36.3 Å². The third-order valence-electron chi connectivity index (χ3n) is 14.4. The first kappa shape index (κ1) is 49.6. The highest BCUT2D eigenvalue weighted by atomic mass is 31.2. The average molecular weight is 918 g/mol. The topological polar surface area (TPSA) is 38.3 Å². The van der Waals surface area contributed by atoms with Crippen molar-refractivity contribution in [3.63, 3.8) is 0 Å². The standard InChI is InChI=1S/C56H81NO2P2Si2/c1-8-15-40-62(41-16-9-2,42-17-10-3)50-31-27-48(28-32-50)61(49-29-33-51(34-30-49)63(43-18-11-4,44-19-12-5)45-20-13-6)57-60-56(37-14-7,52-25-21-23-46-35-38-58-54(46)52)53-26-22-24-47-36-39-59-55(47)53/h21-36,38-39,57,60H,8-20,37,40-45H2,1-7H3. The predicted octanol–water partition coefficient (Wildman–Crippen LogP) is 16.6. The highest BCUT2D eigenvalue weighted by molar-refractivity contribution is 7.76. The first-order chi connectivity index (χ1) is 30.9. The zero-order valence-electron chi connectivity index (χ0n) is 40.3. The Kier molecular flexibility index (Phi) is 19.4. The molecule has 6 rings (SSSR count). The summed E-state index contributed by atoms with van der Waals surface area (Å²) >= 11 is 0. The molecule has 0 saturated carbocycles. The molecule has 0 aliphatic heterocycles. The molecule has 7 heteroatoms. The SMILES string of the molecule is CCCC[Si](CCCC)(CCCC)c1ccc(P(NPC(CCC)(c2cccc3ccoc23)c2cccc3ccoc23)c2ccc([Si](CCCC)(CCCC)CCCC)cc2)cc1. The molecular formula is C56H81NO2P2Si2. The maximum absolute atomic E-state index is 6.41. The molecule has 0 amide bonds. The van der Waals surface area contributed by atoms with Gasteiger partial charge in [-0.15, -0.1) is 0 Å². The summed E-state index contributed by atoms with van der Waals surface area (Å²) in [5.74, 6) is 0. The molecule has 0 fully saturated rings. The van der Waals surface area contributed by atoms with Crippen molar-refractivity contribution in [1.82, 2.24) is 4.86 Å². The van der Waals surface area contributed by atoms with Crippen LogP contribution in [0, 0.1) is 0 Å². The van der Waals surface area contributed by atoms with Crippen LogP contribution in [-0.2, 0) is 5.16 Å². The molecule has 1 unspecified atom stereocenters. The third-order valence-corrected chi connectivity index (χ3v) is 29.6. The lowest BCUT2D eigenvalue weighted by Gasteiger charge is -2.37. The molecule has 0 bridgehead atoms. The number of furan rings is 2. The Morgan fingerprint density at radius 2 is 0.825 bits per heavy atom. The summed E-state index contributed by atoms with van der Waals surface area (Å²) in [5.41, 5.74) is 4.47. The Morgan fingerprint density at radius 3 is 1.16 bits per heavy atom. The maximum atomic E-state index is 6.41. The Hall–Kier alpha value is -2.79. The van der Waals surface area contributed by atoms with Crippen LogP contribution >= 0.6 is 16.8 Å². The molecule has 63 heavy (non-hydrogen) atoms. The van der Waals surface area contributed by atoms with E-state index in [1.165, 1.54) is 135 Å². The smallest absolute Gasteiger partial charge is 0.138 e. The number of nitrogens with one attached hydrogen (secondary N) is 1. The molecule has 4 aromatic carbocycles. The molecule has 1 N–H and O–H groups in total. The van der Waals surface area contributed by atoms with Gasteiger partial charge >= 0.3 is 0 Å². The third kappa shape index (κ3) is 11.6. The van der Waals surface area contributed by atoms with Crippen LogP contribution in [0.3, 0.4) is 0 Å². The highest BCUT2D eigenvalue weighted by Crippen LogP contribution is 2.55. The van der Waals surface area contributed by atoms with E-state index in [4.69, 9.17) is 8.83 Å².